The van der Waals surface area contributed by atoms with Gasteiger partial charge in [-0.1, -0.05) is 0 Å². The van der Waals surface area contributed by atoms with Gasteiger partial charge >= 0.3 is 0 Å². The maximum Gasteiger partial charge on any atom is 0.225 e. The van der Waals surface area contributed by atoms with Crippen molar-refractivity contribution in [3.63, 3.8) is 0 Å². The Morgan fingerprint density at radius 1 is 1.15 bits per heavy atom. The quantitative estimate of drug-likeness (QED) is 0.729. The molecule has 7 heteroatoms. The molecule has 3 rings (SSSR count). The van der Waals surface area contributed by atoms with Crippen LogP contribution in [-0.2, 0) is 4.79 Å². The molecule has 0 unspecified atom stereocenters. The zero-order valence-electron chi connectivity index (χ0n) is 15.9. The van der Waals surface area contributed by atoms with E-state index in [4.69, 9.17) is 9.72 Å². The summed E-state index contributed by atoms with van der Waals surface area (Å²) in [6.07, 6.45) is 4.44. The van der Waals surface area contributed by atoms with Gasteiger partial charge in [-0.15, -0.1) is 0 Å². The van der Waals surface area contributed by atoms with Crippen LogP contribution in [0.3, 0.4) is 0 Å². The highest BCUT2D eigenvalue weighted by atomic mass is 32.2. The Kier molecular flexibility index (Phi) is 6.92. The first-order valence-corrected chi connectivity index (χ1v) is 10.7. The van der Waals surface area contributed by atoms with Crippen molar-refractivity contribution in [1.29, 1.82) is 0 Å². The van der Waals surface area contributed by atoms with Gasteiger partial charge in [-0.05, 0) is 43.5 Å². The lowest BCUT2D eigenvalue weighted by molar-refractivity contribution is -0.131. The molecule has 1 aromatic carbocycles. The van der Waals surface area contributed by atoms with Crippen molar-refractivity contribution in [3.8, 4) is 17.0 Å². The van der Waals surface area contributed by atoms with Crippen LogP contribution in [0.4, 0.5) is 5.95 Å². The molecule has 0 saturated carbocycles. The number of carbonyl (C=O) groups excluding carboxylic acids is 1. The van der Waals surface area contributed by atoms with E-state index >= 15 is 0 Å². The molecule has 1 aliphatic rings. The fraction of sp³-hybridized carbons (Fsp3) is 0.450. The van der Waals surface area contributed by atoms with Crippen LogP contribution in [-0.4, -0.2) is 65.6 Å². The smallest absolute Gasteiger partial charge is 0.225 e. The van der Waals surface area contributed by atoms with E-state index in [1.165, 1.54) is 0 Å². The average Bonchev–Trinajstić information content (AvgIpc) is 2.73. The third kappa shape index (κ3) is 5.13. The van der Waals surface area contributed by atoms with Gasteiger partial charge < -0.3 is 14.5 Å². The number of thioether (sulfide) groups is 1. The summed E-state index contributed by atoms with van der Waals surface area (Å²) in [5.74, 6) is 2.70. The Morgan fingerprint density at radius 3 is 2.56 bits per heavy atom. The molecule has 0 atom stereocenters. The van der Waals surface area contributed by atoms with Gasteiger partial charge in [0, 0.05) is 50.1 Å². The highest BCUT2D eigenvalue weighted by molar-refractivity contribution is 7.98. The second-order valence-corrected chi connectivity index (χ2v) is 7.30. The van der Waals surface area contributed by atoms with Gasteiger partial charge in [-0.25, -0.2) is 9.97 Å². The number of amides is 1. The van der Waals surface area contributed by atoms with Crippen LogP contribution >= 0.6 is 11.8 Å². The van der Waals surface area contributed by atoms with Gasteiger partial charge in [-0.3, -0.25) is 4.79 Å². The molecule has 0 spiro atoms. The van der Waals surface area contributed by atoms with Crippen molar-refractivity contribution in [2.24, 2.45) is 0 Å². The summed E-state index contributed by atoms with van der Waals surface area (Å²) >= 11 is 1.71. The number of hydrogen-bond donors (Lipinski definition) is 0. The molecular formula is C20H26N4O2S. The molecule has 27 heavy (non-hydrogen) atoms. The van der Waals surface area contributed by atoms with Gasteiger partial charge in [0.05, 0.1) is 12.3 Å². The molecule has 1 fully saturated rings. The third-order valence-corrected chi connectivity index (χ3v) is 5.15. The number of rotatable bonds is 7. The molecule has 2 heterocycles. The minimum atomic E-state index is 0.244. The SMILES string of the molecule is CCOc1ccc(-c2ccnc(N3CCN(C(=O)CCSC)CC3)n2)cc1. The Hall–Kier alpha value is -2.28. The predicted octanol–water partition coefficient (Wildman–Crippen LogP) is 2.94. The third-order valence-electron chi connectivity index (χ3n) is 4.54. The number of hydrogen-bond acceptors (Lipinski definition) is 6. The zero-order chi connectivity index (χ0) is 19.1. The molecule has 6 nitrogen and oxygen atoms in total. The van der Waals surface area contributed by atoms with E-state index in [0.717, 1.165) is 54.9 Å². The zero-order valence-corrected chi connectivity index (χ0v) is 16.7. The Bertz CT molecular complexity index is 746. The van der Waals surface area contributed by atoms with Crippen molar-refractivity contribution >= 4 is 23.6 Å². The first-order chi connectivity index (χ1) is 13.2. The van der Waals surface area contributed by atoms with Crippen molar-refractivity contribution < 1.29 is 9.53 Å². The number of carbonyl (C=O) groups is 1. The van der Waals surface area contributed by atoms with E-state index in [9.17, 15) is 4.79 Å². The summed E-state index contributed by atoms with van der Waals surface area (Å²) < 4.78 is 5.49. The molecule has 1 saturated heterocycles. The second kappa shape index (κ2) is 9.60. The predicted molar refractivity (Wildman–Crippen MR) is 110 cm³/mol. The maximum absolute atomic E-state index is 12.2. The van der Waals surface area contributed by atoms with Gasteiger partial charge in [0.1, 0.15) is 5.75 Å². The number of nitrogens with zero attached hydrogens (tertiary/aromatic N) is 4. The fourth-order valence-electron chi connectivity index (χ4n) is 3.05. The highest BCUT2D eigenvalue weighted by Gasteiger charge is 2.22. The van der Waals surface area contributed by atoms with E-state index in [1.54, 1.807) is 18.0 Å². The minimum absolute atomic E-state index is 0.244. The summed E-state index contributed by atoms with van der Waals surface area (Å²) in [6, 6.07) is 9.86. The normalized spacial score (nSPS) is 14.3. The lowest BCUT2D eigenvalue weighted by Crippen LogP contribution is -2.49. The highest BCUT2D eigenvalue weighted by Crippen LogP contribution is 2.22. The van der Waals surface area contributed by atoms with Crippen LogP contribution in [0.2, 0.25) is 0 Å². The monoisotopic (exact) mass is 386 g/mol. The Morgan fingerprint density at radius 2 is 1.89 bits per heavy atom. The van der Waals surface area contributed by atoms with Crippen molar-refractivity contribution in [2.75, 3.05) is 49.7 Å². The molecule has 0 N–H and O–H groups in total. The van der Waals surface area contributed by atoms with E-state index in [-0.39, 0.29) is 5.91 Å². The molecule has 1 amide bonds. The van der Waals surface area contributed by atoms with Gasteiger partial charge in [0.2, 0.25) is 11.9 Å². The number of benzene rings is 1. The topological polar surface area (TPSA) is 58.6 Å². The average molecular weight is 387 g/mol. The Balaban J connectivity index is 1.63. The molecule has 1 aromatic heterocycles. The number of ether oxygens (including phenoxy) is 1. The summed E-state index contributed by atoms with van der Waals surface area (Å²) in [5, 5.41) is 0. The van der Waals surface area contributed by atoms with Crippen LogP contribution < -0.4 is 9.64 Å². The number of aromatic nitrogens is 2. The molecule has 1 aliphatic heterocycles. The van der Waals surface area contributed by atoms with Crippen LogP contribution in [0, 0.1) is 0 Å². The van der Waals surface area contributed by atoms with E-state index in [1.807, 2.05) is 48.4 Å². The van der Waals surface area contributed by atoms with Crippen molar-refractivity contribution in [3.05, 3.63) is 36.5 Å². The van der Waals surface area contributed by atoms with Gasteiger partial charge in [0.15, 0.2) is 0 Å². The van der Waals surface area contributed by atoms with Crippen LogP contribution in [0.25, 0.3) is 11.3 Å². The fourth-order valence-corrected chi connectivity index (χ4v) is 3.43. The first kappa shape index (κ1) is 19.5. The molecule has 0 radical (unpaired) electrons. The van der Waals surface area contributed by atoms with Crippen LogP contribution in [0.5, 0.6) is 5.75 Å². The van der Waals surface area contributed by atoms with E-state index in [2.05, 4.69) is 9.88 Å². The van der Waals surface area contributed by atoms with E-state index in [0.29, 0.717) is 13.0 Å². The summed E-state index contributed by atoms with van der Waals surface area (Å²) in [7, 11) is 0. The molecule has 2 aromatic rings. The molecule has 0 bridgehead atoms. The van der Waals surface area contributed by atoms with Crippen LogP contribution in [0.15, 0.2) is 36.5 Å². The molecular weight excluding hydrogens is 360 g/mol. The van der Waals surface area contributed by atoms with Crippen molar-refractivity contribution in [2.45, 2.75) is 13.3 Å². The van der Waals surface area contributed by atoms with Gasteiger partial charge in [-0.2, -0.15) is 11.8 Å². The first-order valence-electron chi connectivity index (χ1n) is 9.29. The standard InChI is InChI=1S/C20H26N4O2S/c1-3-26-17-6-4-16(5-7-17)18-8-10-21-20(22-18)24-13-11-23(12-14-24)19(25)9-15-27-2/h4-8,10H,3,9,11-15H2,1-2H3. The summed E-state index contributed by atoms with van der Waals surface area (Å²) in [4.78, 5) is 25.4. The minimum Gasteiger partial charge on any atom is -0.494 e. The lowest BCUT2D eigenvalue weighted by atomic mass is 10.1. The van der Waals surface area contributed by atoms with E-state index < -0.39 is 0 Å². The number of piperazine rings is 1. The summed E-state index contributed by atoms with van der Waals surface area (Å²) in [5.41, 5.74) is 1.93. The van der Waals surface area contributed by atoms with Crippen molar-refractivity contribution in [1.82, 2.24) is 14.9 Å². The maximum atomic E-state index is 12.2. The lowest BCUT2D eigenvalue weighted by Gasteiger charge is -2.34. The van der Waals surface area contributed by atoms with Crippen LogP contribution in [0.1, 0.15) is 13.3 Å². The molecule has 0 aliphatic carbocycles. The Labute approximate surface area is 164 Å². The second-order valence-electron chi connectivity index (χ2n) is 6.31. The molecule has 144 valence electrons. The number of anilines is 1. The largest absolute Gasteiger partial charge is 0.494 e. The van der Waals surface area contributed by atoms with Gasteiger partial charge in [0.25, 0.3) is 0 Å². The summed E-state index contributed by atoms with van der Waals surface area (Å²) in [6.45, 7) is 5.60.